The molecule has 0 amide bonds. The zero-order chi connectivity index (χ0) is 13.4. The van der Waals surface area contributed by atoms with Crippen molar-refractivity contribution in [3.05, 3.63) is 39.7 Å². The molecule has 0 spiro atoms. The van der Waals surface area contributed by atoms with Crippen LogP contribution in [0.4, 0.5) is 0 Å². The predicted octanol–water partition coefficient (Wildman–Crippen LogP) is 0.918. The summed E-state index contributed by atoms with van der Waals surface area (Å²) in [7, 11) is 0. The standard InChI is InChI=1S/C9H11NO4.N3/c10-6(9(13)14)3-5-1-2-7(11)8(12)4-5;1-3-2/h1-2,4,6,11-12H,3,10H2,(H,13,14);/q;-1/t6-;/m0./s1. The third kappa shape index (κ3) is 5.26. The lowest BCUT2D eigenvalue weighted by Crippen LogP contribution is -2.32. The zero-order valence-corrected chi connectivity index (χ0v) is 8.69. The molecule has 0 radical (unpaired) electrons. The summed E-state index contributed by atoms with van der Waals surface area (Å²) in [6.07, 6.45) is 0.114. The number of aromatic hydroxyl groups is 2. The molecule has 1 aromatic rings. The minimum atomic E-state index is -1.10. The van der Waals surface area contributed by atoms with Gasteiger partial charge in [0.15, 0.2) is 11.5 Å². The van der Waals surface area contributed by atoms with Crippen LogP contribution >= 0.6 is 0 Å². The van der Waals surface area contributed by atoms with Gasteiger partial charge in [0.1, 0.15) is 6.04 Å². The first kappa shape index (κ1) is 14.6. The highest BCUT2D eigenvalue weighted by molar-refractivity contribution is 5.73. The number of nitrogens with zero attached hydrogens (tertiary/aromatic N) is 3. The molecule has 0 aliphatic heterocycles. The Morgan fingerprint density at radius 2 is 1.88 bits per heavy atom. The molecule has 17 heavy (non-hydrogen) atoms. The maximum atomic E-state index is 10.4. The minimum Gasteiger partial charge on any atom is -0.504 e. The molecule has 1 rings (SSSR count). The predicted molar refractivity (Wildman–Crippen MR) is 59.2 cm³/mol. The van der Waals surface area contributed by atoms with Crippen LogP contribution in [0.15, 0.2) is 18.2 Å². The van der Waals surface area contributed by atoms with Gasteiger partial charge in [0.05, 0.1) is 0 Å². The van der Waals surface area contributed by atoms with E-state index < -0.39 is 12.0 Å². The van der Waals surface area contributed by atoms with Crippen molar-refractivity contribution in [2.24, 2.45) is 5.73 Å². The van der Waals surface area contributed by atoms with Gasteiger partial charge in [0.25, 0.3) is 0 Å². The van der Waals surface area contributed by atoms with Gasteiger partial charge < -0.3 is 32.1 Å². The van der Waals surface area contributed by atoms with Gasteiger partial charge in [-0.25, -0.2) is 0 Å². The van der Waals surface area contributed by atoms with Gasteiger partial charge in [-0.05, 0) is 24.1 Å². The van der Waals surface area contributed by atoms with Crippen LogP contribution in [0.5, 0.6) is 11.5 Å². The molecule has 1 aromatic carbocycles. The lowest BCUT2D eigenvalue weighted by atomic mass is 10.1. The Morgan fingerprint density at radius 3 is 2.29 bits per heavy atom. The molecule has 5 N–H and O–H groups in total. The van der Waals surface area contributed by atoms with Gasteiger partial charge in [0, 0.05) is 0 Å². The second-order valence-corrected chi connectivity index (χ2v) is 3.06. The Hall–Kier alpha value is -2.44. The van der Waals surface area contributed by atoms with Crippen molar-refractivity contribution in [2.45, 2.75) is 12.5 Å². The zero-order valence-electron chi connectivity index (χ0n) is 8.69. The summed E-state index contributed by atoms with van der Waals surface area (Å²) in [6, 6.07) is 3.09. The molecule has 0 unspecified atom stereocenters. The highest BCUT2D eigenvalue weighted by atomic mass is 16.4. The van der Waals surface area contributed by atoms with E-state index in [1.807, 2.05) is 0 Å². The van der Waals surface area contributed by atoms with Crippen molar-refractivity contribution < 1.29 is 20.1 Å². The van der Waals surface area contributed by atoms with Crippen molar-refractivity contribution in [3.63, 3.8) is 0 Å². The van der Waals surface area contributed by atoms with Gasteiger partial charge in [-0.2, -0.15) is 0 Å². The van der Waals surface area contributed by atoms with Gasteiger partial charge in [-0.3, -0.25) is 9.71 Å². The van der Waals surface area contributed by atoms with Gasteiger partial charge in [0.2, 0.25) is 0 Å². The number of nitrogens with two attached hydrogens (primary N) is 1. The van der Waals surface area contributed by atoms with E-state index in [-0.39, 0.29) is 17.9 Å². The van der Waals surface area contributed by atoms with Crippen LogP contribution in [0.2, 0.25) is 0 Å². The van der Waals surface area contributed by atoms with E-state index in [4.69, 9.17) is 32.1 Å². The quantitative estimate of drug-likeness (QED) is 0.266. The monoisotopic (exact) mass is 239 g/mol. The van der Waals surface area contributed by atoms with Gasteiger partial charge in [-0.1, -0.05) is 6.07 Å². The number of benzene rings is 1. The number of carboxylic acid groups (broad SMARTS) is 1. The highest BCUT2D eigenvalue weighted by Crippen LogP contribution is 2.25. The molecule has 0 fully saturated rings. The van der Waals surface area contributed by atoms with Crippen molar-refractivity contribution >= 4 is 5.97 Å². The first-order chi connectivity index (χ1) is 7.92. The van der Waals surface area contributed by atoms with E-state index in [2.05, 4.69) is 0 Å². The molecule has 1 atom stereocenters. The summed E-state index contributed by atoms with van der Waals surface area (Å²) in [6.45, 7) is 0. The second-order valence-electron chi connectivity index (χ2n) is 3.06. The molecule has 8 heteroatoms. The molecule has 0 saturated carbocycles. The van der Waals surface area contributed by atoms with Crippen LogP contribution in [-0.4, -0.2) is 27.3 Å². The van der Waals surface area contributed by atoms with E-state index in [1.54, 1.807) is 0 Å². The summed E-state index contributed by atoms with van der Waals surface area (Å²) < 4.78 is 0. The van der Waals surface area contributed by atoms with Gasteiger partial charge in [-0.15, -0.1) is 0 Å². The molecule has 0 aliphatic rings. The summed E-state index contributed by atoms with van der Waals surface area (Å²) in [4.78, 5) is 11.9. The minimum absolute atomic E-state index is 0.114. The SMILES string of the molecule is N[C@@H](Cc1ccc(O)c(O)c1)C(=O)O.[N-]=[N+]=[N-]. The fourth-order valence-corrected chi connectivity index (χ4v) is 1.04. The molecule has 0 aliphatic carbocycles. The number of rotatable bonds is 3. The Bertz CT molecular complexity index is 429. The van der Waals surface area contributed by atoms with Crippen molar-refractivity contribution in [2.75, 3.05) is 0 Å². The van der Waals surface area contributed by atoms with Crippen LogP contribution in [0.1, 0.15) is 5.56 Å². The Balaban J connectivity index is 0.000000770. The Kier molecular flexibility index (Phi) is 5.94. The fourth-order valence-electron chi connectivity index (χ4n) is 1.04. The highest BCUT2D eigenvalue weighted by Gasteiger charge is 2.12. The Labute approximate surface area is 96.3 Å². The smallest absolute Gasteiger partial charge is 0.320 e. The maximum absolute atomic E-state index is 10.4. The molecular formula is C9H11N4O4-. The van der Waals surface area contributed by atoms with Crippen LogP contribution in [0.25, 0.3) is 16.0 Å². The fraction of sp³-hybridized carbons (Fsp3) is 0.222. The number of phenols is 2. The van der Waals surface area contributed by atoms with Crippen molar-refractivity contribution in [1.29, 1.82) is 0 Å². The summed E-state index contributed by atoms with van der Waals surface area (Å²) in [5.41, 5.74) is 19.4. The van der Waals surface area contributed by atoms with E-state index in [1.165, 1.54) is 23.1 Å². The average Bonchev–Trinajstić information content (AvgIpc) is 2.24. The first-order valence-corrected chi connectivity index (χ1v) is 4.40. The lowest BCUT2D eigenvalue weighted by molar-refractivity contribution is -0.138. The third-order valence-corrected chi connectivity index (χ3v) is 1.81. The molecule has 92 valence electrons. The number of hydrogen-bond acceptors (Lipinski definition) is 4. The largest absolute Gasteiger partial charge is 0.504 e. The molecular weight excluding hydrogens is 228 g/mol. The summed E-state index contributed by atoms with van der Waals surface area (Å²) in [5, 5.41) is 26.6. The van der Waals surface area contributed by atoms with Crippen LogP contribution in [0.3, 0.4) is 0 Å². The summed E-state index contributed by atoms with van der Waals surface area (Å²) in [5.74, 6) is -1.62. The first-order valence-electron chi connectivity index (χ1n) is 4.40. The van der Waals surface area contributed by atoms with Crippen molar-refractivity contribution in [1.82, 2.24) is 0 Å². The number of carboxylic acids is 1. The lowest BCUT2D eigenvalue weighted by Gasteiger charge is -2.06. The number of carbonyl (C=O) groups is 1. The van der Waals surface area contributed by atoms with Crippen LogP contribution < -0.4 is 5.73 Å². The van der Waals surface area contributed by atoms with Crippen LogP contribution in [-0.2, 0) is 11.2 Å². The molecule has 0 saturated heterocycles. The molecule has 0 aromatic heterocycles. The van der Waals surface area contributed by atoms with E-state index >= 15 is 0 Å². The van der Waals surface area contributed by atoms with E-state index in [9.17, 15) is 4.79 Å². The Morgan fingerprint density at radius 1 is 1.35 bits per heavy atom. The summed E-state index contributed by atoms with van der Waals surface area (Å²) >= 11 is 0. The topological polar surface area (TPSA) is 162 Å². The third-order valence-electron chi connectivity index (χ3n) is 1.81. The van der Waals surface area contributed by atoms with Crippen molar-refractivity contribution in [3.8, 4) is 11.5 Å². The number of hydrogen-bond donors (Lipinski definition) is 4. The normalized spacial score (nSPS) is 10.6. The molecule has 0 bridgehead atoms. The van der Waals surface area contributed by atoms with Crippen LogP contribution in [0, 0.1) is 0 Å². The second kappa shape index (κ2) is 6.94. The number of phenolic OH excluding ortho intramolecular Hbond substituents is 2. The van der Waals surface area contributed by atoms with E-state index in [0.717, 1.165) is 0 Å². The number of aliphatic carboxylic acids is 1. The average molecular weight is 239 g/mol. The van der Waals surface area contributed by atoms with E-state index in [0.29, 0.717) is 5.56 Å². The van der Waals surface area contributed by atoms with Gasteiger partial charge >= 0.3 is 5.97 Å². The molecule has 0 heterocycles. The molecule has 8 nitrogen and oxygen atoms in total. The maximum Gasteiger partial charge on any atom is 0.320 e.